The Morgan fingerprint density at radius 1 is 0.972 bits per heavy atom. The van der Waals surface area contributed by atoms with Gasteiger partial charge >= 0.3 is 0 Å². The van der Waals surface area contributed by atoms with Crippen LogP contribution in [-0.4, -0.2) is 29.7 Å². The van der Waals surface area contributed by atoms with E-state index in [2.05, 4.69) is 31.0 Å². The van der Waals surface area contributed by atoms with E-state index in [1.54, 1.807) is 36.4 Å². The quantitative estimate of drug-likeness (QED) is 0.371. The molecular formula is C30H32ClFN2O2. The molecule has 1 fully saturated rings. The van der Waals surface area contributed by atoms with E-state index in [1.165, 1.54) is 11.6 Å². The summed E-state index contributed by atoms with van der Waals surface area (Å²) in [6.07, 6.45) is 1.39. The highest BCUT2D eigenvalue weighted by Gasteiger charge is 2.26. The summed E-state index contributed by atoms with van der Waals surface area (Å²) in [4.78, 5) is 28.1. The molecule has 0 atom stereocenters. The number of likely N-dealkylation sites (tertiary alicyclic amines) is 1. The second-order valence-electron chi connectivity index (χ2n) is 10.5. The Morgan fingerprint density at radius 3 is 2.31 bits per heavy atom. The smallest absolute Gasteiger partial charge is 0.227 e. The normalized spacial score (nSPS) is 15.0. The number of carbonyl (C=O) groups excluding carboxylic acids is 2. The van der Waals surface area contributed by atoms with E-state index in [0.29, 0.717) is 59.9 Å². The van der Waals surface area contributed by atoms with Gasteiger partial charge in [0.2, 0.25) is 5.91 Å². The van der Waals surface area contributed by atoms with Gasteiger partial charge in [-0.3, -0.25) is 14.5 Å². The Balaban J connectivity index is 1.34. The zero-order chi connectivity index (χ0) is 25.9. The highest BCUT2D eigenvalue weighted by atomic mass is 35.5. The van der Waals surface area contributed by atoms with Crippen molar-refractivity contribution in [3.63, 3.8) is 0 Å². The first-order chi connectivity index (χ1) is 17.1. The number of anilines is 1. The van der Waals surface area contributed by atoms with Crippen LogP contribution in [0.15, 0.2) is 66.7 Å². The van der Waals surface area contributed by atoms with E-state index < -0.39 is 0 Å². The average Bonchev–Trinajstić information content (AvgIpc) is 2.85. The number of nitrogens with zero attached hydrogens (tertiary/aromatic N) is 1. The predicted octanol–water partition coefficient (Wildman–Crippen LogP) is 6.86. The van der Waals surface area contributed by atoms with Gasteiger partial charge in [0, 0.05) is 39.9 Å². The van der Waals surface area contributed by atoms with Gasteiger partial charge in [0.15, 0.2) is 5.78 Å². The molecule has 3 aromatic carbocycles. The van der Waals surface area contributed by atoms with E-state index in [-0.39, 0.29) is 28.8 Å². The first kappa shape index (κ1) is 26.1. The minimum absolute atomic E-state index is 0.0218. The lowest BCUT2D eigenvalue weighted by Crippen LogP contribution is -2.37. The Hall–Kier alpha value is -3.02. The molecule has 4 rings (SSSR count). The second kappa shape index (κ2) is 10.9. The number of carbonyl (C=O) groups is 2. The lowest BCUT2D eigenvalue weighted by atomic mass is 9.86. The summed E-state index contributed by atoms with van der Waals surface area (Å²) in [5, 5.41) is 3.37. The number of halogens is 2. The van der Waals surface area contributed by atoms with Gasteiger partial charge in [0.1, 0.15) is 5.82 Å². The zero-order valence-electron chi connectivity index (χ0n) is 21.0. The minimum atomic E-state index is -0.304. The summed E-state index contributed by atoms with van der Waals surface area (Å²) >= 11 is 5.84. The molecule has 188 valence electrons. The molecule has 0 aromatic heterocycles. The van der Waals surface area contributed by atoms with Gasteiger partial charge in [-0.25, -0.2) is 4.39 Å². The summed E-state index contributed by atoms with van der Waals surface area (Å²) < 4.78 is 14.1. The molecule has 36 heavy (non-hydrogen) atoms. The number of amides is 1. The van der Waals surface area contributed by atoms with Gasteiger partial charge in [0.25, 0.3) is 0 Å². The van der Waals surface area contributed by atoms with Gasteiger partial charge in [-0.15, -0.1) is 0 Å². The van der Waals surface area contributed by atoms with Gasteiger partial charge in [-0.05, 0) is 61.2 Å². The Labute approximate surface area is 217 Å². The van der Waals surface area contributed by atoms with Crippen LogP contribution in [0.1, 0.15) is 60.7 Å². The van der Waals surface area contributed by atoms with Crippen LogP contribution in [0, 0.1) is 11.7 Å². The van der Waals surface area contributed by atoms with Crippen LogP contribution in [0.2, 0.25) is 5.02 Å². The summed E-state index contributed by atoms with van der Waals surface area (Å²) in [6, 6.07) is 19.5. The second-order valence-corrected chi connectivity index (χ2v) is 10.9. The summed E-state index contributed by atoms with van der Waals surface area (Å²) in [6.45, 7) is 8.34. The summed E-state index contributed by atoms with van der Waals surface area (Å²) in [5.41, 5.74) is 3.57. The first-order valence-corrected chi connectivity index (χ1v) is 12.7. The third-order valence-corrected chi connectivity index (χ3v) is 7.01. The van der Waals surface area contributed by atoms with Crippen molar-refractivity contribution in [3.05, 3.63) is 99.8 Å². The fraction of sp³-hybridized carbons (Fsp3) is 0.333. The van der Waals surface area contributed by atoms with Crippen molar-refractivity contribution in [2.75, 3.05) is 18.4 Å². The lowest BCUT2D eigenvalue weighted by Gasteiger charge is -2.31. The third-order valence-electron chi connectivity index (χ3n) is 6.77. The Kier molecular flexibility index (Phi) is 7.91. The van der Waals surface area contributed by atoms with Crippen LogP contribution in [0.4, 0.5) is 10.1 Å². The van der Waals surface area contributed by atoms with E-state index in [1.807, 2.05) is 24.3 Å². The van der Waals surface area contributed by atoms with Gasteiger partial charge < -0.3 is 5.32 Å². The maximum Gasteiger partial charge on any atom is 0.227 e. The van der Waals surface area contributed by atoms with Crippen molar-refractivity contribution in [2.24, 2.45) is 5.92 Å². The highest BCUT2D eigenvalue weighted by molar-refractivity contribution is 6.30. The van der Waals surface area contributed by atoms with Crippen molar-refractivity contribution in [1.29, 1.82) is 0 Å². The molecule has 0 unspecified atom stereocenters. The van der Waals surface area contributed by atoms with Crippen LogP contribution in [0.25, 0.3) is 0 Å². The van der Waals surface area contributed by atoms with E-state index >= 15 is 0 Å². The van der Waals surface area contributed by atoms with Crippen molar-refractivity contribution >= 4 is 29.0 Å². The van der Waals surface area contributed by atoms with E-state index in [0.717, 1.165) is 0 Å². The standard InChI is InChI=1S/C30H32ClFN2O2/c1-30(2,3)24-10-7-20(8-11-24)28(35)22-5-4-6-26(17-22)33-29(36)21-13-15-34(16-14-21)19-23-9-12-25(31)18-27(23)32/h4-12,17-18,21H,13-16,19H2,1-3H3,(H,33,36). The number of nitrogens with one attached hydrogen (secondary N) is 1. The molecule has 1 saturated heterocycles. The number of benzene rings is 3. The van der Waals surface area contributed by atoms with Crippen LogP contribution in [0.5, 0.6) is 0 Å². The molecule has 0 bridgehead atoms. The molecule has 1 aliphatic heterocycles. The molecule has 1 heterocycles. The van der Waals surface area contributed by atoms with Crippen molar-refractivity contribution < 1.29 is 14.0 Å². The average molecular weight is 507 g/mol. The topological polar surface area (TPSA) is 49.4 Å². The lowest BCUT2D eigenvalue weighted by molar-refractivity contribution is -0.121. The summed E-state index contributed by atoms with van der Waals surface area (Å²) in [7, 11) is 0. The number of hydrogen-bond donors (Lipinski definition) is 1. The number of rotatable bonds is 6. The molecule has 4 nitrogen and oxygen atoms in total. The van der Waals surface area contributed by atoms with Crippen LogP contribution in [0.3, 0.4) is 0 Å². The van der Waals surface area contributed by atoms with Crippen LogP contribution in [-0.2, 0) is 16.8 Å². The highest BCUT2D eigenvalue weighted by Crippen LogP contribution is 2.25. The molecule has 0 spiro atoms. The van der Waals surface area contributed by atoms with Gasteiger partial charge in [0.05, 0.1) is 0 Å². The Morgan fingerprint density at radius 2 is 1.67 bits per heavy atom. The maximum absolute atomic E-state index is 14.1. The minimum Gasteiger partial charge on any atom is -0.326 e. The fourth-order valence-corrected chi connectivity index (χ4v) is 4.67. The predicted molar refractivity (Wildman–Crippen MR) is 143 cm³/mol. The monoisotopic (exact) mass is 506 g/mol. The molecule has 0 aliphatic carbocycles. The molecule has 1 N–H and O–H groups in total. The summed E-state index contributed by atoms with van der Waals surface area (Å²) in [5.74, 6) is -0.552. The maximum atomic E-state index is 14.1. The van der Waals surface area contributed by atoms with Crippen LogP contribution < -0.4 is 5.32 Å². The number of hydrogen-bond acceptors (Lipinski definition) is 3. The van der Waals surface area contributed by atoms with Gasteiger partial charge in [-0.1, -0.05) is 74.8 Å². The molecule has 6 heteroatoms. The first-order valence-electron chi connectivity index (χ1n) is 12.3. The molecule has 1 amide bonds. The largest absolute Gasteiger partial charge is 0.326 e. The third kappa shape index (κ3) is 6.40. The van der Waals surface area contributed by atoms with Crippen LogP contribution >= 0.6 is 11.6 Å². The number of piperidine rings is 1. The molecule has 1 aliphatic rings. The fourth-order valence-electron chi connectivity index (χ4n) is 4.51. The number of ketones is 1. The van der Waals surface area contributed by atoms with E-state index in [9.17, 15) is 14.0 Å². The van der Waals surface area contributed by atoms with Crippen molar-refractivity contribution in [2.45, 2.75) is 45.6 Å². The van der Waals surface area contributed by atoms with E-state index in [4.69, 9.17) is 11.6 Å². The van der Waals surface area contributed by atoms with Gasteiger partial charge in [-0.2, -0.15) is 0 Å². The van der Waals surface area contributed by atoms with Crippen molar-refractivity contribution in [1.82, 2.24) is 4.90 Å². The molecule has 0 radical (unpaired) electrons. The van der Waals surface area contributed by atoms with Crippen molar-refractivity contribution in [3.8, 4) is 0 Å². The zero-order valence-corrected chi connectivity index (χ0v) is 21.7. The molecular weight excluding hydrogens is 475 g/mol. The Bertz CT molecular complexity index is 1240. The SMILES string of the molecule is CC(C)(C)c1ccc(C(=O)c2cccc(NC(=O)C3CCN(Cc4ccc(Cl)cc4F)CC3)c2)cc1. The molecule has 0 saturated carbocycles. The molecule has 3 aromatic rings.